The van der Waals surface area contributed by atoms with Gasteiger partial charge in [-0.25, -0.2) is 18.6 Å². The van der Waals surface area contributed by atoms with Crippen LogP contribution in [0, 0.1) is 10.2 Å². The number of fused-ring (bicyclic) bond motifs is 1. The lowest BCUT2D eigenvalue weighted by atomic mass is 10.2. The van der Waals surface area contributed by atoms with Crippen LogP contribution in [0.4, 0.5) is 0 Å². The average Bonchev–Trinajstić information content (AvgIpc) is 2.15. The number of hydrogen-bond donors (Lipinski definition) is 0. The molecule has 16 heavy (non-hydrogen) atoms. The summed E-state index contributed by atoms with van der Waals surface area (Å²) in [5.74, 6) is 0. The third kappa shape index (κ3) is 5.53. The van der Waals surface area contributed by atoms with Crippen molar-refractivity contribution in [3.05, 3.63) is 40.0 Å². The minimum absolute atomic E-state index is 0.802. The van der Waals surface area contributed by atoms with Crippen molar-refractivity contribution >= 4 is 33.7 Å². The van der Waals surface area contributed by atoms with Crippen LogP contribution < -0.4 is 18.6 Å². The molecule has 0 bridgehead atoms. The molecule has 1 aromatic heterocycles. The summed E-state index contributed by atoms with van der Waals surface area (Å²) in [5, 5.41) is 7.42. The van der Waals surface area contributed by atoms with Crippen molar-refractivity contribution in [2.45, 2.75) is 0 Å². The van der Waals surface area contributed by atoms with Gasteiger partial charge in [0.1, 0.15) is 0 Å². The van der Waals surface area contributed by atoms with Crippen LogP contribution >= 0.6 is 22.9 Å². The molecule has 0 N–H and O–H groups in total. The Hall–Kier alpha value is -0.530. The second kappa shape index (κ2) is 5.70. The highest BCUT2D eigenvalue weighted by molar-refractivity contribution is 7.08. The van der Waals surface area contributed by atoms with Crippen molar-refractivity contribution in [2.75, 3.05) is 0 Å². The lowest BCUT2D eigenvalue weighted by molar-refractivity contribution is -2.00. The van der Waals surface area contributed by atoms with Gasteiger partial charge in [-0.2, -0.15) is 0 Å². The fourth-order valence-electron chi connectivity index (χ4n) is 1.02. The van der Waals surface area contributed by atoms with Crippen molar-refractivity contribution in [3.63, 3.8) is 0 Å². The largest absolute Gasteiger partial charge is 0.222 e. The van der Waals surface area contributed by atoms with Gasteiger partial charge in [0.25, 0.3) is 0 Å². The van der Waals surface area contributed by atoms with E-state index >= 15 is 0 Å². The van der Waals surface area contributed by atoms with E-state index in [9.17, 15) is 0 Å². The van der Waals surface area contributed by atoms with E-state index in [1.807, 2.05) is 18.2 Å². The van der Waals surface area contributed by atoms with E-state index in [0.717, 1.165) is 5.02 Å². The SMILES string of the molecule is Clc1ccc2cc[s+]cc2c1.[O-][Cl+3]([O-])([O-])[O-]. The molecule has 2 rings (SSSR count). The molecule has 0 atom stereocenters. The molecule has 7 heteroatoms. The molecular formula is C9H6Cl2O4S. The molecule has 0 saturated heterocycles. The summed E-state index contributed by atoms with van der Waals surface area (Å²) in [6.45, 7) is 0. The highest BCUT2D eigenvalue weighted by Gasteiger charge is 1.97. The quantitative estimate of drug-likeness (QED) is 0.584. The molecule has 0 spiro atoms. The summed E-state index contributed by atoms with van der Waals surface area (Å²) in [6.07, 6.45) is 0. The van der Waals surface area contributed by atoms with Gasteiger partial charge in [-0.15, -0.1) is 10.2 Å². The van der Waals surface area contributed by atoms with E-state index < -0.39 is 10.2 Å². The monoisotopic (exact) mass is 280 g/mol. The molecule has 1 aromatic carbocycles. The molecule has 0 aliphatic heterocycles. The molecule has 0 saturated carbocycles. The Bertz CT molecular complexity index is 466. The molecule has 0 aliphatic rings. The van der Waals surface area contributed by atoms with Gasteiger partial charge in [0.15, 0.2) is 5.38 Å². The summed E-state index contributed by atoms with van der Waals surface area (Å²) in [6, 6.07) is 8.02. The van der Waals surface area contributed by atoms with Gasteiger partial charge in [-0.05, 0) is 17.5 Å². The topological polar surface area (TPSA) is 92.2 Å². The van der Waals surface area contributed by atoms with Crippen LogP contribution in [0.25, 0.3) is 10.8 Å². The first-order valence-corrected chi connectivity index (χ1v) is 6.48. The lowest BCUT2D eigenvalue weighted by Crippen LogP contribution is -2.68. The van der Waals surface area contributed by atoms with E-state index in [1.54, 1.807) is 11.3 Å². The zero-order chi connectivity index (χ0) is 12.2. The Kier molecular flexibility index (Phi) is 4.82. The smallest absolute Gasteiger partial charge is 0.212 e. The molecule has 0 fully saturated rings. The van der Waals surface area contributed by atoms with Crippen LogP contribution in [0.3, 0.4) is 0 Å². The minimum Gasteiger partial charge on any atom is -0.222 e. The molecule has 0 amide bonds. The Labute approximate surface area is 103 Å². The van der Waals surface area contributed by atoms with Crippen LogP contribution in [0.2, 0.25) is 5.02 Å². The highest BCUT2D eigenvalue weighted by atomic mass is 35.7. The molecular weight excluding hydrogens is 275 g/mol. The van der Waals surface area contributed by atoms with Crippen LogP contribution in [0.1, 0.15) is 0 Å². The van der Waals surface area contributed by atoms with Gasteiger partial charge in [0.2, 0.25) is 16.7 Å². The predicted molar refractivity (Wildman–Crippen MR) is 51.2 cm³/mol. The molecule has 2 aromatic rings. The molecule has 4 nitrogen and oxygen atoms in total. The second-order valence-corrected chi connectivity index (χ2v) is 4.68. The van der Waals surface area contributed by atoms with Crippen LogP contribution in [0.15, 0.2) is 35.0 Å². The number of halogens is 2. The van der Waals surface area contributed by atoms with Crippen LogP contribution in [-0.2, 0) is 0 Å². The molecule has 0 radical (unpaired) electrons. The van der Waals surface area contributed by atoms with E-state index in [0.29, 0.717) is 0 Å². The van der Waals surface area contributed by atoms with Crippen molar-refractivity contribution in [2.24, 2.45) is 0 Å². The first-order valence-electron chi connectivity index (χ1n) is 3.93. The number of hydrogen-bond acceptors (Lipinski definition) is 4. The molecule has 1 heterocycles. The third-order valence-corrected chi connectivity index (χ3v) is 2.49. The minimum atomic E-state index is -4.94. The van der Waals surface area contributed by atoms with Crippen molar-refractivity contribution in [1.29, 1.82) is 0 Å². The van der Waals surface area contributed by atoms with E-state index in [-0.39, 0.29) is 0 Å². The zero-order valence-corrected chi connectivity index (χ0v) is 10.1. The third-order valence-electron chi connectivity index (χ3n) is 1.57. The zero-order valence-electron chi connectivity index (χ0n) is 7.76. The molecule has 0 unspecified atom stereocenters. The van der Waals surface area contributed by atoms with E-state index in [1.165, 1.54) is 10.8 Å². The molecule has 86 valence electrons. The van der Waals surface area contributed by atoms with Crippen molar-refractivity contribution < 1.29 is 28.9 Å². The summed E-state index contributed by atoms with van der Waals surface area (Å²) >= 11 is 7.51. The summed E-state index contributed by atoms with van der Waals surface area (Å²) < 4.78 is 34.0. The predicted octanol–water partition coefficient (Wildman–Crippen LogP) is -0.920. The standard InChI is InChI=1S/C9H6ClS.ClHO4/c10-9-2-1-7-3-4-11-6-8(7)5-9;2-1(3,4)5/h1-6H;(H,2,3,4,5)/q+1;/p-1. The Morgan fingerprint density at radius 2 is 1.62 bits per heavy atom. The Morgan fingerprint density at radius 1 is 1.00 bits per heavy atom. The van der Waals surface area contributed by atoms with Gasteiger partial charge >= 0.3 is 0 Å². The maximum absolute atomic E-state index is 8.49. The van der Waals surface area contributed by atoms with Gasteiger partial charge in [0, 0.05) is 16.5 Å². The fourth-order valence-corrected chi connectivity index (χ4v) is 1.86. The number of rotatable bonds is 0. The molecule has 0 aliphatic carbocycles. The van der Waals surface area contributed by atoms with Gasteiger partial charge in [0.05, 0.1) is 0 Å². The maximum Gasteiger partial charge on any atom is 0.212 e. The lowest BCUT2D eigenvalue weighted by Gasteiger charge is -2.17. The normalized spacial score (nSPS) is 10.8. The fraction of sp³-hybridized carbons (Fsp3) is 0. The Morgan fingerprint density at radius 3 is 2.25 bits per heavy atom. The average molecular weight is 281 g/mol. The highest BCUT2D eigenvalue weighted by Crippen LogP contribution is 2.19. The maximum atomic E-state index is 8.49. The first kappa shape index (κ1) is 13.5. The van der Waals surface area contributed by atoms with Crippen molar-refractivity contribution in [1.82, 2.24) is 0 Å². The van der Waals surface area contributed by atoms with E-state index in [2.05, 4.69) is 16.8 Å². The summed E-state index contributed by atoms with van der Waals surface area (Å²) in [7, 11) is -4.94. The Balaban J connectivity index is 0.000000221. The van der Waals surface area contributed by atoms with Crippen LogP contribution in [-0.4, -0.2) is 0 Å². The first-order chi connectivity index (χ1) is 7.36. The van der Waals surface area contributed by atoms with E-state index in [4.69, 9.17) is 30.2 Å². The van der Waals surface area contributed by atoms with Gasteiger partial charge in [-0.3, -0.25) is 0 Å². The van der Waals surface area contributed by atoms with Gasteiger partial charge in [-0.1, -0.05) is 17.7 Å². The van der Waals surface area contributed by atoms with Gasteiger partial charge < -0.3 is 0 Å². The van der Waals surface area contributed by atoms with Crippen LogP contribution in [0.5, 0.6) is 0 Å². The number of benzene rings is 1. The summed E-state index contributed by atoms with van der Waals surface area (Å²) in [4.78, 5) is 0. The summed E-state index contributed by atoms with van der Waals surface area (Å²) in [5.41, 5.74) is 0. The van der Waals surface area contributed by atoms with Crippen molar-refractivity contribution in [3.8, 4) is 0 Å². The second-order valence-electron chi connectivity index (χ2n) is 2.71.